The number of tetrazole rings is 1. The molecular formula is C17H21N7O. The van der Waals surface area contributed by atoms with Gasteiger partial charge in [0, 0.05) is 25.6 Å². The summed E-state index contributed by atoms with van der Waals surface area (Å²) in [6.45, 7) is 3.84. The minimum Gasteiger partial charge on any atom is -0.341 e. The summed E-state index contributed by atoms with van der Waals surface area (Å²) in [5.41, 5.74) is 2.24. The second kappa shape index (κ2) is 6.62. The van der Waals surface area contributed by atoms with Gasteiger partial charge in [-0.15, -0.1) is 5.10 Å². The molecule has 2 aromatic heterocycles. The second-order valence-electron chi connectivity index (χ2n) is 6.36. The Bertz CT molecular complexity index is 862. The minimum absolute atomic E-state index is 0.0666. The Morgan fingerprint density at radius 3 is 2.76 bits per heavy atom. The summed E-state index contributed by atoms with van der Waals surface area (Å²) in [6, 6.07) is 8.68. The fourth-order valence-electron chi connectivity index (χ4n) is 3.62. The highest BCUT2D eigenvalue weighted by molar-refractivity contribution is 5.77. The number of rotatable bonds is 4. The fraction of sp³-hybridized carbons (Fsp3) is 0.471. The van der Waals surface area contributed by atoms with Gasteiger partial charge in [-0.3, -0.25) is 4.79 Å². The van der Waals surface area contributed by atoms with E-state index in [0.29, 0.717) is 6.04 Å². The van der Waals surface area contributed by atoms with Crippen LogP contribution in [0, 0.1) is 0 Å². The smallest absolute Gasteiger partial charge is 0.244 e. The van der Waals surface area contributed by atoms with Crippen molar-refractivity contribution in [3.05, 3.63) is 36.4 Å². The molecule has 130 valence electrons. The quantitative estimate of drug-likeness (QED) is 0.718. The summed E-state index contributed by atoms with van der Waals surface area (Å²) in [6.07, 6.45) is 4.26. The van der Waals surface area contributed by atoms with Gasteiger partial charge in [-0.25, -0.2) is 9.67 Å². The van der Waals surface area contributed by atoms with Gasteiger partial charge in [-0.1, -0.05) is 19.1 Å². The van der Waals surface area contributed by atoms with E-state index in [0.717, 1.165) is 43.7 Å². The Morgan fingerprint density at radius 1 is 1.24 bits per heavy atom. The number of amides is 1. The Hall–Kier alpha value is -2.77. The Balaban J connectivity index is 1.48. The first-order chi connectivity index (χ1) is 12.3. The molecule has 0 spiro atoms. The predicted octanol–water partition coefficient (Wildman–Crippen LogP) is 1.45. The number of hydrogen-bond acceptors (Lipinski definition) is 5. The van der Waals surface area contributed by atoms with E-state index >= 15 is 0 Å². The van der Waals surface area contributed by atoms with Gasteiger partial charge in [0.15, 0.2) is 0 Å². The predicted molar refractivity (Wildman–Crippen MR) is 91.8 cm³/mol. The van der Waals surface area contributed by atoms with Crippen LogP contribution in [-0.2, 0) is 17.8 Å². The molecule has 3 aromatic rings. The van der Waals surface area contributed by atoms with Crippen molar-refractivity contribution < 1.29 is 4.79 Å². The van der Waals surface area contributed by atoms with Crippen LogP contribution in [-0.4, -0.2) is 53.7 Å². The van der Waals surface area contributed by atoms with Gasteiger partial charge in [0.2, 0.25) is 5.91 Å². The van der Waals surface area contributed by atoms with E-state index in [-0.39, 0.29) is 12.5 Å². The molecule has 0 N–H and O–H groups in total. The molecule has 0 aliphatic carbocycles. The number of benzene rings is 1. The van der Waals surface area contributed by atoms with E-state index in [1.807, 2.05) is 11.0 Å². The van der Waals surface area contributed by atoms with Crippen LogP contribution in [0.2, 0.25) is 0 Å². The lowest BCUT2D eigenvalue weighted by molar-refractivity contribution is -0.133. The lowest BCUT2D eigenvalue weighted by atomic mass is 10.0. The number of hydrogen-bond donors (Lipinski definition) is 0. The number of nitrogens with zero attached hydrogens (tertiary/aromatic N) is 7. The van der Waals surface area contributed by atoms with Crippen molar-refractivity contribution in [3.8, 4) is 0 Å². The fourth-order valence-corrected chi connectivity index (χ4v) is 3.62. The molecule has 0 bridgehead atoms. The van der Waals surface area contributed by atoms with Crippen LogP contribution >= 0.6 is 0 Å². The van der Waals surface area contributed by atoms with Crippen LogP contribution in [0.1, 0.15) is 31.6 Å². The number of para-hydroxylation sites is 2. The Morgan fingerprint density at radius 2 is 2.04 bits per heavy atom. The van der Waals surface area contributed by atoms with Crippen molar-refractivity contribution >= 4 is 16.9 Å². The SMILES string of the molecule is CCc1nc2ccccc2n1C1CCN(C(=O)Cn2cnnn2)CC1. The van der Waals surface area contributed by atoms with Crippen LogP contribution in [0.25, 0.3) is 11.0 Å². The first-order valence-corrected chi connectivity index (χ1v) is 8.70. The topological polar surface area (TPSA) is 81.7 Å². The zero-order chi connectivity index (χ0) is 17.2. The van der Waals surface area contributed by atoms with Crippen LogP contribution in [0.3, 0.4) is 0 Å². The summed E-state index contributed by atoms with van der Waals surface area (Å²) in [4.78, 5) is 19.1. The average Bonchev–Trinajstić information content (AvgIpc) is 3.28. The third-order valence-corrected chi connectivity index (χ3v) is 4.86. The minimum atomic E-state index is 0.0666. The highest BCUT2D eigenvalue weighted by Crippen LogP contribution is 2.29. The molecule has 1 fully saturated rings. The molecule has 1 aromatic carbocycles. The molecule has 1 saturated heterocycles. The maximum Gasteiger partial charge on any atom is 0.244 e. The van der Waals surface area contributed by atoms with Crippen molar-refractivity contribution in [2.24, 2.45) is 0 Å². The van der Waals surface area contributed by atoms with Crippen LogP contribution in [0.5, 0.6) is 0 Å². The third-order valence-electron chi connectivity index (χ3n) is 4.86. The lowest BCUT2D eigenvalue weighted by Gasteiger charge is -2.33. The number of imidazole rings is 1. The van der Waals surface area contributed by atoms with Gasteiger partial charge in [0.25, 0.3) is 0 Å². The highest BCUT2D eigenvalue weighted by Gasteiger charge is 2.26. The molecule has 8 nitrogen and oxygen atoms in total. The van der Waals surface area contributed by atoms with E-state index in [1.54, 1.807) is 0 Å². The van der Waals surface area contributed by atoms with Gasteiger partial charge in [0.1, 0.15) is 18.7 Å². The largest absolute Gasteiger partial charge is 0.341 e. The van der Waals surface area contributed by atoms with Gasteiger partial charge < -0.3 is 9.47 Å². The van der Waals surface area contributed by atoms with E-state index in [2.05, 4.69) is 45.2 Å². The summed E-state index contributed by atoms with van der Waals surface area (Å²) >= 11 is 0. The Labute approximate surface area is 145 Å². The van der Waals surface area contributed by atoms with Crippen molar-refractivity contribution in [2.75, 3.05) is 13.1 Å². The molecule has 3 heterocycles. The zero-order valence-electron chi connectivity index (χ0n) is 14.2. The number of aryl methyl sites for hydroxylation is 1. The number of carbonyl (C=O) groups excluding carboxylic acids is 1. The van der Waals surface area contributed by atoms with E-state index in [4.69, 9.17) is 4.98 Å². The molecule has 0 radical (unpaired) electrons. The van der Waals surface area contributed by atoms with Gasteiger partial charge in [0.05, 0.1) is 11.0 Å². The number of piperidine rings is 1. The monoisotopic (exact) mass is 339 g/mol. The van der Waals surface area contributed by atoms with Crippen molar-refractivity contribution in [3.63, 3.8) is 0 Å². The summed E-state index contributed by atoms with van der Waals surface area (Å²) in [5, 5.41) is 10.9. The standard InChI is InChI=1S/C17H21N7O/c1-2-16-19-14-5-3-4-6-15(14)24(16)13-7-9-22(10-8-13)17(25)11-23-12-18-20-21-23/h3-6,12-13H,2,7-11H2,1H3. The second-order valence-corrected chi connectivity index (χ2v) is 6.36. The molecule has 0 unspecified atom stereocenters. The zero-order valence-corrected chi connectivity index (χ0v) is 14.2. The average molecular weight is 339 g/mol. The number of carbonyl (C=O) groups is 1. The summed E-state index contributed by atoms with van der Waals surface area (Å²) in [5.74, 6) is 1.19. The lowest BCUT2D eigenvalue weighted by Crippen LogP contribution is -2.41. The molecule has 1 aliphatic heterocycles. The molecule has 0 atom stereocenters. The number of likely N-dealkylation sites (tertiary alicyclic amines) is 1. The molecule has 25 heavy (non-hydrogen) atoms. The number of fused-ring (bicyclic) bond motifs is 1. The molecular weight excluding hydrogens is 318 g/mol. The number of aromatic nitrogens is 6. The van der Waals surface area contributed by atoms with Gasteiger partial charge in [-0.05, 0) is 35.4 Å². The van der Waals surface area contributed by atoms with E-state index in [1.165, 1.54) is 16.5 Å². The molecule has 1 amide bonds. The molecule has 1 aliphatic rings. The third kappa shape index (κ3) is 2.99. The normalized spacial score (nSPS) is 15.8. The summed E-state index contributed by atoms with van der Waals surface area (Å²) < 4.78 is 3.84. The molecule has 8 heteroatoms. The van der Waals surface area contributed by atoms with Crippen LogP contribution < -0.4 is 0 Å². The maximum atomic E-state index is 12.4. The van der Waals surface area contributed by atoms with E-state index in [9.17, 15) is 4.79 Å². The van der Waals surface area contributed by atoms with Crippen molar-refractivity contribution in [1.29, 1.82) is 0 Å². The highest BCUT2D eigenvalue weighted by atomic mass is 16.2. The van der Waals surface area contributed by atoms with Crippen molar-refractivity contribution in [2.45, 2.75) is 38.8 Å². The molecule has 0 saturated carbocycles. The Kier molecular flexibility index (Phi) is 4.17. The van der Waals surface area contributed by atoms with Crippen LogP contribution in [0.15, 0.2) is 30.6 Å². The van der Waals surface area contributed by atoms with Crippen LogP contribution in [0.4, 0.5) is 0 Å². The van der Waals surface area contributed by atoms with Crippen molar-refractivity contribution in [1.82, 2.24) is 34.7 Å². The first kappa shape index (κ1) is 15.7. The van der Waals surface area contributed by atoms with Gasteiger partial charge in [-0.2, -0.15) is 0 Å². The van der Waals surface area contributed by atoms with Gasteiger partial charge >= 0.3 is 0 Å². The maximum absolute atomic E-state index is 12.4. The van der Waals surface area contributed by atoms with E-state index < -0.39 is 0 Å². The summed E-state index contributed by atoms with van der Waals surface area (Å²) in [7, 11) is 0. The first-order valence-electron chi connectivity index (χ1n) is 8.70. The molecule has 4 rings (SSSR count).